The zero-order chi connectivity index (χ0) is 18.4. The van der Waals surface area contributed by atoms with Crippen LogP contribution in [0.4, 0.5) is 0 Å². The van der Waals surface area contributed by atoms with Crippen molar-refractivity contribution in [3.05, 3.63) is 29.8 Å². The van der Waals surface area contributed by atoms with E-state index in [2.05, 4.69) is 34.4 Å². The molecule has 0 spiro atoms. The predicted octanol–water partition coefficient (Wildman–Crippen LogP) is 2.16. The molecule has 2 fully saturated rings. The highest BCUT2D eigenvalue weighted by atomic mass is 16.5. The van der Waals surface area contributed by atoms with Crippen LogP contribution in [0.5, 0.6) is 5.75 Å². The molecule has 2 saturated heterocycles. The molecular weight excluding hydrogens is 328 g/mol. The predicted molar refractivity (Wildman–Crippen MR) is 105 cm³/mol. The quantitative estimate of drug-likeness (QED) is 0.601. The minimum absolute atomic E-state index is 0.275. The summed E-state index contributed by atoms with van der Waals surface area (Å²) in [5, 5.41) is 3.22. The second kappa shape index (κ2) is 9.24. The van der Waals surface area contributed by atoms with Gasteiger partial charge in [0.2, 0.25) is 0 Å². The first-order valence-corrected chi connectivity index (χ1v) is 9.67. The van der Waals surface area contributed by atoms with Crippen molar-refractivity contribution in [2.75, 3.05) is 40.4 Å². The van der Waals surface area contributed by atoms with E-state index in [1.54, 1.807) is 7.11 Å². The third-order valence-corrected chi connectivity index (χ3v) is 5.50. The lowest BCUT2D eigenvalue weighted by Gasteiger charge is -2.39. The number of methoxy groups -OCH3 is 1. The number of rotatable bonds is 6. The van der Waals surface area contributed by atoms with E-state index >= 15 is 0 Å². The largest absolute Gasteiger partial charge is 0.497 e. The Balaban J connectivity index is 1.60. The third-order valence-electron chi connectivity index (χ3n) is 5.50. The molecule has 2 aliphatic rings. The number of nitrogens with zero attached hydrogens (tertiary/aromatic N) is 2. The number of benzene rings is 1. The fourth-order valence-corrected chi connectivity index (χ4v) is 4.07. The van der Waals surface area contributed by atoms with Gasteiger partial charge in [0.25, 0.3) is 0 Å². The van der Waals surface area contributed by atoms with Crippen molar-refractivity contribution in [3.8, 4) is 5.75 Å². The van der Waals surface area contributed by atoms with Gasteiger partial charge in [-0.25, -0.2) is 0 Å². The normalized spacial score (nSPS) is 27.5. The van der Waals surface area contributed by atoms with Crippen LogP contribution >= 0.6 is 0 Å². The lowest BCUT2D eigenvalue weighted by Crippen LogP contribution is -2.40. The Hall–Kier alpha value is -1.79. The van der Waals surface area contributed by atoms with Crippen LogP contribution in [0.15, 0.2) is 29.3 Å². The van der Waals surface area contributed by atoms with Crippen molar-refractivity contribution in [2.45, 2.75) is 37.8 Å². The SMILES string of the molecule is COc1ccc(C2C(CN=C(N)NCC3CCCO3)CCCN2C)cc1. The number of aliphatic imine (C=N–C) groups is 1. The monoisotopic (exact) mass is 360 g/mol. The van der Waals surface area contributed by atoms with Crippen LogP contribution in [0.25, 0.3) is 0 Å². The minimum Gasteiger partial charge on any atom is -0.497 e. The van der Waals surface area contributed by atoms with E-state index in [-0.39, 0.29) is 6.10 Å². The number of nitrogens with two attached hydrogens (primary N) is 1. The second-order valence-electron chi connectivity index (χ2n) is 7.34. The molecule has 0 amide bonds. The van der Waals surface area contributed by atoms with E-state index in [0.717, 1.165) is 44.8 Å². The van der Waals surface area contributed by atoms with Crippen molar-refractivity contribution < 1.29 is 9.47 Å². The Morgan fingerprint density at radius 2 is 2.12 bits per heavy atom. The molecule has 0 saturated carbocycles. The number of hydrogen-bond acceptors (Lipinski definition) is 4. The van der Waals surface area contributed by atoms with Crippen LogP contribution in [-0.4, -0.2) is 57.4 Å². The number of ether oxygens (including phenoxy) is 2. The molecule has 0 radical (unpaired) electrons. The Labute approximate surface area is 156 Å². The van der Waals surface area contributed by atoms with Gasteiger partial charge in [-0.2, -0.15) is 0 Å². The number of piperidine rings is 1. The topological polar surface area (TPSA) is 72.1 Å². The van der Waals surface area contributed by atoms with E-state index in [1.807, 2.05) is 12.1 Å². The molecule has 6 nitrogen and oxygen atoms in total. The lowest BCUT2D eigenvalue weighted by molar-refractivity contribution is 0.113. The van der Waals surface area contributed by atoms with E-state index < -0.39 is 0 Å². The smallest absolute Gasteiger partial charge is 0.188 e. The van der Waals surface area contributed by atoms with Crippen molar-refractivity contribution in [3.63, 3.8) is 0 Å². The summed E-state index contributed by atoms with van der Waals surface area (Å²) in [5.74, 6) is 1.89. The van der Waals surface area contributed by atoms with Crippen LogP contribution in [0.3, 0.4) is 0 Å². The van der Waals surface area contributed by atoms with Crippen LogP contribution in [-0.2, 0) is 4.74 Å². The minimum atomic E-state index is 0.275. The van der Waals surface area contributed by atoms with Gasteiger partial charge in [0.15, 0.2) is 5.96 Å². The molecular formula is C20H32N4O2. The van der Waals surface area contributed by atoms with Gasteiger partial charge in [0, 0.05) is 25.7 Å². The number of likely N-dealkylation sites (tertiary alicyclic amines) is 1. The Bertz CT molecular complexity index is 584. The summed E-state index contributed by atoms with van der Waals surface area (Å²) < 4.78 is 10.9. The maximum Gasteiger partial charge on any atom is 0.188 e. The van der Waals surface area contributed by atoms with Crippen molar-refractivity contribution in [1.82, 2.24) is 10.2 Å². The summed E-state index contributed by atoms with van der Waals surface area (Å²) in [6.45, 7) is 3.47. The van der Waals surface area contributed by atoms with Gasteiger partial charge in [-0.3, -0.25) is 9.89 Å². The summed E-state index contributed by atoms with van der Waals surface area (Å²) in [7, 11) is 3.90. The van der Waals surface area contributed by atoms with Crippen LogP contribution in [0, 0.1) is 5.92 Å². The van der Waals surface area contributed by atoms with Crippen LogP contribution < -0.4 is 15.8 Å². The maximum absolute atomic E-state index is 6.08. The Morgan fingerprint density at radius 3 is 2.81 bits per heavy atom. The molecule has 6 heteroatoms. The molecule has 3 atom stereocenters. The fourth-order valence-electron chi connectivity index (χ4n) is 4.07. The molecule has 3 unspecified atom stereocenters. The lowest BCUT2D eigenvalue weighted by atomic mass is 9.85. The Morgan fingerprint density at radius 1 is 1.31 bits per heavy atom. The maximum atomic E-state index is 6.08. The molecule has 2 aliphatic heterocycles. The second-order valence-corrected chi connectivity index (χ2v) is 7.34. The summed E-state index contributed by atoms with van der Waals surface area (Å²) in [5.41, 5.74) is 7.40. The number of nitrogens with one attached hydrogen (secondary N) is 1. The zero-order valence-electron chi connectivity index (χ0n) is 16.0. The zero-order valence-corrected chi connectivity index (χ0v) is 16.0. The fraction of sp³-hybridized carbons (Fsp3) is 0.650. The highest BCUT2D eigenvalue weighted by Crippen LogP contribution is 2.35. The van der Waals surface area contributed by atoms with Gasteiger partial charge in [-0.15, -0.1) is 0 Å². The van der Waals surface area contributed by atoms with Gasteiger partial charge in [0.05, 0.1) is 13.2 Å². The molecule has 0 bridgehead atoms. The Kier molecular flexibility index (Phi) is 6.74. The first-order chi connectivity index (χ1) is 12.7. The summed E-state index contributed by atoms with van der Waals surface area (Å²) in [6.07, 6.45) is 4.89. The third kappa shape index (κ3) is 4.89. The standard InChI is InChI=1S/C20H32N4O2/c1-24-11-3-5-16(19(24)15-7-9-17(25-2)10-8-15)13-22-20(21)23-14-18-6-4-12-26-18/h7-10,16,18-19H,3-6,11-14H2,1-2H3,(H3,21,22,23). The van der Waals surface area contributed by atoms with E-state index in [1.165, 1.54) is 18.4 Å². The number of hydrogen-bond donors (Lipinski definition) is 2. The van der Waals surface area contributed by atoms with Gasteiger partial charge >= 0.3 is 0 Å². The molecule has 1 aromatic rings. The molecule has 0 aromatic heterocycles. The van der Waals surface area contributed by atoms with Crippen molar-refractivity contribution >= 4 is 5.96 Å². The first-order valence-electron chi connectivity index (χ1n) is 9.67. The highest BCUT2D eigenvalue weighted by Gasteiger charge is 2.30. The molecule has 26 heavy (non-hydrogen) atoms. The summed E-state index contributed by atoms with van der Waals surface area (Å²) in [6, 6.07) is 8.78. The van der Waals surface area contributed by atoms with Crippen molar-refractivity contribution in [1.29, 1.82) is 0 Å². The average molecular weight is 361 g/mol. The van der Waals surface area contributed by atoms with E-state index in [0.29, 0.717) is 17.9 Å². The summed E-state index contributed by atoms with van der Waals surface area (Å²) in [4.78, 5) is 7.06. The van der Waals surface area contributed by atoms with E-state index in [4.69, 9.17) is 15.2 Å². The molecule has 2 heterocycles. The van der Waals surface area contributed by atoms with Gasteiger partial charge < -0.3 is 20.5 Å². The summed E-state index contributed by atoms with van der Waals surface area (Å²) >= 11 is 0. The van der Waals surface area contributed by atoms with Gasteiger partial charge in [-0.05, 0) is 62.9 Å². The molecule has 144 valence electrons. The molecule has 3 N–H and O–H groups in total. The van der Waals surface area contributed by atoms with Gasteiger partial charge in [0.1, 0.15) is 5.75 Å². The first kappa shape index (κ1) is 19.0. The van der Waals surface area contributed by atoms with Crippen LogP contribution in [0.1, 0.15) is 37.3 Å². The van der Waals surface area contributed by atoms with Crippen molar-refractivity contribution in [2.24, 2.45) is 16.6 Å². The van der Waals surface area contributed by atoms with E-state index in [9.17, 15) is 0 Å². The number of guanidine groups is 1. The van der Waals surface area contributed by atoms with Gasteiger partial charge in [-0.1, -0.05) is 12.1 Å². The van der Waals surface area contributed by atoms with Crippen LogP contribution in [0.2, 0.25) is 0 Å². The molecule has 1 aromatic carbocycles. The molecule has 3 rings (SSSR count). The molecule has 0 aliphatic carbocycles. The average Bonchev–Trinajstić information content (AvgIpc) is 3.18. The highest BCUT2D eigenvalue weighted by molar-refractivity contribution is 5.77.